The van der Waals surface area contributed by atoms with Gasteiger partial charge in [0, 0.05) is 30.9 Å². The van der Waals surface area contributed by atoms with Crippen molar-refractivity contribution in [1.82, 2.24) is 5.32 Å². The summed E-state index contributed by atoms with van der Waals surface area (Å²) < 4.78 is 0. The van der Waals surface area contributed by atoms with E-state index in [1.165, 1.54) is 43.4 Å². The lowest BCUT2D eigenvalue weighted by molar-refractivity contribution is 0.517. The first-order valence-corrected chi connectivity index (χ1v) is 7.42. The predicted molar refractivity (Wildman–Crippen MR) is 77.2 cm³/mol. The second-order valence-corrected chi connectivity index (χ2v) is 5.81. The topological polar surface area (TPSA) is 15.3 Å². The first kappa shape index (κ1) is 12.0. The van der Waals surface area contributed by atoms with E-state index < -0.39 is 0 Å². The molecular weight excluding hydrogens is 220 g/mol. The minimum atomic E-state index is 0.660. The van der Waals surface area contributed by atoms with E-state index in [0.29, 0.717) is 6.04 Å². The van der Waals surface area contributed by atoms with Crippen LogP contribution in [-0.4, -0.2) is 25.2 Å². The summed E-state index contributed by atoms with van der Waals surface area (Å²) in [7, 11) is 0. The van der Waals surface area contributed by atoms with Crippen LogP contribution < -0.4 is 10.2 Å². The maximum atomic E-state index is 3.72. The summed E-state index contributed by atoms with van der Waals surface area (Å²) in [6, 6.07) is 10.3. The van der Waals surface area contributed by atoms with Crippen LogP contribution in [0.3, 0.4) is 0 Å². The molecule has 1 unspecified atom stereocenters. The Morgan fingerprint density at radius 2 is 2.00 bits per heavy atom. The van der Waals surface area contributed by atoms with Crippen molar-refractivity contribution in [3.8, 4) is 0 Å². The standard InChI is InChI=1S/C16H24N2/c1-13-12-14-6-2-5-9-16(14)18(13)11-10-17-15-7-3-4-8-15/h2,5-6,9,13,15,17H,3-4,7-8,10-12H2,1H3. The smallest absolute Gasteiger partial charge is 0.0402 e. The lowest BCUT2D eigenvalue weighted by Crippen LogP contribution is -2.38. The van der Waals surface area contributed by atoms with Gasteiger partial charge in [0.1, 0.15) is 0 Å². The fourth-order valence-corrected chi connectivity index (χ4v) is 3.49. The van der Waals surface area contributed by atoms with Crippen LogP contribution >= 0.6 is 0 Å². The average molecular weight is 244 g/mol. The third-order valence-electron chi connectivity index (χ3n) is 4.49. The lowest BCUT2D eigenvalue weighted by atomic mass is 10.1. The summed E-state index contributed by atoms with van der Waals surface area (Å²) in [5, 5.41) is 3.72. The van der Waals surface area contributed by atoms with E-state index in [-0.39, 0.29) is 0 Å². The van der Waals surface area contributed by atoms with Crippen molar-refractivity contribution in [2.45, 2.75) is 51.1 Å². The Hall–Kier alpha value is -1.02. The first-order chi connectivity index (χ1) is 8.84. The molecule has 2 aliphatic rings. The van der Waals surface area contributed by atoms with Gasteiger partial charge in [0.05, 0.1) is 0 Å². The maximum absolute atomic E-state index is 3.72. The molecule has 98 valence electrons. The summed E-state index contributed by atoms with van der Waals surface area (Å²) >= 11 is 0. The summed E-state index contributed by atoms with van der Waals surface area (Å²) in [4.78, 5) is 2.57. The van der Waals surface area contributed by atoms with E-state index in [1.807, 2.05) is 0 Å². The van der Waals surface area contributed by atoms with Gasteiger partial charge in [0.25, 0.3) is 0 Å². The van der Waals surface area contributed by atoms with Crippen LogP contribution in [0.2, 0.25) is 0 Å². The van der Waals surface area contributed by atoms with E-state index in [2.05, 4.69) is 41.4 Å². The molecule has 0 amide bonds. The fraction of sp³-hybridized carbons (Fsp3) is 0.625. The number of fused-ring (bicyclic) bond motifs is 1. The highest BCUT2D eigenvalue weighted by Crippen LogP contribution is 2.31. The van der Waals surface area contributed by atoms with Gasteiger partial charge in [-0.3, -0.25) is 0 Å². The number of rotatable bonds is 4. The molecule has 1 atom stereocenters. The number of benzene rings is 1. The number of nitrogens with one attached hydrogen (secondary N) is 1. The van der Waals surface area contributed by atoms with Gasteiger partial charge in [-0.05, 0) is 37.8 Å². The zero-order valence-electron chi connectivity index (χ0n) is 11.4. The Balaban J connectivity index is 1.56. The van der Waals surface area contributed by atoms with Gasteiger partial charge in [0.15, 0.2) is 0 Å². The van der Waals surface area contributed by atoms with Crippen molar-refractivity contribution in [2.75, 3.05) is 18.0 Å². The predicted octanol–water partition coefficient (Wildman–Crippen LogP) is 2.97. The third-order valence-corrected chi connectivity index (χ3v) is 4.49. The van der Waals surface area contributed by atoms with Crippen LogP contribution in [-0.2, 0) is 6.42 Å². The minimum absolute atomic E-state index is 0.660. The van der Waals surface area contributed by atoms with Crippen molar-refractivity contribution >= 4 is 5.69 Å². The highest BCUT2D eigenvalue weighted by molar-refractivity contribution is 5.59. The molecule has 2 nitrogen and oxygen atoms in total. The van der Waals surface area contributed by atoms with Crippen molar-refractivity contribution in [3.05, 3.63) is 29.8 Å². The molecule has 0 saturated heterocycles. The fourth-order valence-electron chi connectivity index (χ4n) is 3.49. The van der Waals surface area contributed by atoms with Gasteiger partial charge in [-0.15, -0.1) is 0 Å². The Morgan fingerprint density at radius 1 is 1.22 bits per heavy atom. The Labute approximate surface area is 110 Å². The van der Waals surface area contributed by atoms with Crippen LogP contribution in [0.25, 0.3) is 0 Å². The summed E-state index contributed by atoms with van der Waals surface area (Å²) in [5.74, 6) is 0. The lowest BCUT2D eigenvalue weighted by Gasteiger charge is -2.26. The molecule has 1 aliphatic heterocycles. The van der Waals surface area contributed by atoms with Crippen LogP contribution in [0, 0.1) is 0 Å². The second-order valence-electron chi connectivity index (χ2n) is 5.81. The van der Waals surface area contributed by atoms with Gasteiger partial charge < -0.3 is 10.2 Å². The van der Waals surface area contributed by atoms with Crippen LogP contribution in [0.1, 0.15) is 38.2 Å². The molecule has 1 fully saturated rings. The van der Waals surface area contributed by atoms with E-state index >= 15 is 0 Å². The largest absolute Gasteiger partial charge is 0.367 e. The Morgan fingerprint density at radius 3 is 2.83 bits per heavy atom. The van der Waals surface area contributed by atoms with Crippen molar-refractivity contribution < 1.29 is 0 Å². The first-order valence-electron chi connectivity index (χ1n) is 7.42. The third kappa shape index (κ3) is 2.39. The zero-order chi connectivity index (χ0) is 12.4. The molecule has 1 aliphatic carbocycles. The highest BCUT2D eigenvalue weighted by Gasteiger charge is 2.25. The molecule has 1 aromatic carbocycles. The van der Waals surface area contributed by atoms with Crippen molar-refractivity contribution in [1.29, 1.82) is 0 Å². The van der Waals surface area contributed by atoms with Gasteiger partial charge in [0.2, 0.25) is 0 Å². The van der Waals surface area contributed by atoms with Gasteiger partial charge in [-0.1, -0.05) is 31.0 Å². The SMILES string of the molecule is CC1Cc2ccccc2N1CCNC1CCCC1. The normalized spacial score (nSPS) is 23.6. The van der Waals surface area contributed by atoms with E-state index in [1.54, 1.807) is 0 Å². The molecule has 1 saturated carbocycles. The monoisotopic (exact) mass is 244 g/mol. The van der Waals surface area contributed by atoms with Crippen LogP contribution in [0.4, 0.5) is 5.69 Å². The Kier molecular flexibility index (Phi) is 3.55. The van der Waals surface area contributed by atoms with Gasteiger partial charge in [-0.25, -0.2) is 0 Å². The average Bonchev–Trinajstić information content (AvgIpc) is 2.98. The molecule has 0 bridgehead atoms. The number of nitrogens with zero attached hydrogens (tertiary/aromatic N) is 1. The molecule has 0 spiro atoms. The van der Waals surface area contributed by atoms with Crippen LogP contribution in [0.15, 0.2) is 24.3 Å². The highest BCUT2D eigenvalue weighted by atomic mass is 15.2. The molecule has 0 radical (unpaired) electrons. The molecule has 1 N–H and O–H groups in total. The molecule has 18 heavy (non-hydrogen) atoms. The Bertz CT molecular complexity index is 396. The molecule has 1 aromatic rings. The van der Waals surface area contributed by atoms with E-state index in [4.69, 9.17) is 0 Å². The van der Waals surface area contributed by atoms with Crippen LogP contribution in [0.5, 0.6) is 0 Å². The van der Waals surface area contributed by atoms with Gasteiger partial charge in [-0.2, -0.15) is 0 Å². The maximum Gasteiger partial charge on any atom is 0.0402 e. The van der Waals surface area contributed by atoms with Gasteiger partial charge >= 0.3 is 0 Å². The van der Waals surface area contributed by atoms with E-state index in [9.17, 15) is 0 Å². The molecule has 2 heteroatoms. The quantitative estimate of drug-likeness (QED) is 0.876. The molecule has 1 heterocycles. The van der Waals surface area contributed by atoms with Crippen molar-refractivity contribution in [2.24, 2.45) is 0 Å². The summed E-state index contributed by atoms with van der Waals surface area (Å²) in [6.07, 6.45) is 6.80. The summed E-state index contributed by atoms with van der Waals surface area (Å²) in [6.45, 7) is 4.62. The number of hydrogen-bond donors (Lipinski definition) is 1. The number of para-hydroxylation sites is 1. The summed E-state index contributed by atoms with van der Waals surface area (Å²) in [5.41, 5.74) is 2.98. The second kappa shape index (κ2) is 5.31. The minimum Gasteiger partial charge on any atom is -0.367 e. The molecule has 0 aromatic heterocycles. The number of hydrogen-bond acceptors (Lipinski definition) is 2. The van der Waals surface area contributed by atoms with E-state index in [0.717, 1.165) is 19.1 Å². The zero-order valence-corrected chi connectivity index (χ0v) is 11.4. The van der Waals surface area contributed by atoms with Crippen molar-refractivity contribution in [3.63, 3.8) is 0 Å². The number of anilines is 1. The molecular formula is C16H24N2. The molecule has 3 rings (SSSR count).